The van der Waals surface area contributed by atoms with Crippen molar-refractivity contribution in [2.75, 3.05) is 19.7 Å². The normalized spacial score (nSPS) is 29.1. The smallest absolute Gasteiger partial charge is 0.267 e. The van der Waals surface area contributed by atoms with Gasteiger partial charge in [0.2, 0.25) is 6.10 Å². The highest BCUT2D eigenvalue weighted by Gasteiger charge is 2.34. The predicted octanol–water partition coefficient (Wildman–Crippen LogP) is 1.02. The van der Waals surface area contributed by atoms with E-state index in [-0.39, 0.29) is 18.6 Å². The molecule has 108 valence electrons. The first-order valence-electron chi connectivity index (χ1n) is 7.08. The van der Waals surface area contributed by atoms with Crippen molar-refractivity contribution in [3.63, 3.8) is 0 Å². The van der Waals surface area contributed by atoms with Crippen LogP contribution >= 0.6 is 0 Å². The number of hydrogen-bond acceptors (Lipinski definition) is 4. The molecular formula is C15H20N2O3. The van der Waals surface area contributed by atoms with Crippen molar-refractivity contribution in [3.05, 3.63) is 24.3 Å². The Labute approximate surface area is 118 Å². The van der Waals surface area contributed by atoms with Crippen LogP contribution in [-0.2, 0) is 4.79 Å². The van der Waals surface area contributed by atoms with Crippen LogP contribution in [-0.4, -0.2) is 42.6 Å². The molecule has 0 spiro atoms. The maximum Gasteiger partial charge on any atom is 0.267 e. The van der Waals surface area contributed by atoms with Crippen molar-refractivity contribution >= 4 is 5.91 Å². The van der Waals surface area contributed by atoms with Gasteiger partial charge in [0, 0.05) is 19.1 Å². The predicted molar refractivity (Wildman–Crippen MR) is 74.7 cm³/mol. The van der Waals surface area contributed by atoms with Gasteiger partial charge in [0.15, 0.2) is 11.5 Å². The fraction of sp³-hybridized carbons (Fsp3) is 0.533. The summed E-state index contributed by atoms with van der Waals surface area (Å²) < 4.78 is 11.4. The van der Waals surface area contributed by atoms with Gasteiger partial charge in [0.25, 0.3) is 5.91 Å². The van der Waals surface area contributed by atoms with Crippen molar-refractivity contribution in [2.24, 2.45) is 11.7 Å². The maximum atomic E-state index is 12.5. The third-order valence-electron chi connectivity index (χ3n) is 4.07. The first-order chi connectivity index (χ1) is 9.65. The average molecular weight is 276 g/mol. The first-order valence-corrected chi connectivity index (χ1v) is 7.08. The van der Waals surface area contributed by atoms with Gasteiger partial charge in [-0.3, -0.25) is 4.79 Å². The number of rotatable bonds is 1. The topological polar surface area (TPSA) is 64.8 Å². The largest absolute Gasteiger partial charge is 0.485 e. The van der Waals surface area contributed by atoms with Crippen LogP contribution in [0.15, 0.2) is 24.3 Å². The zero-order chi connectivity index (χ0) is 14.1. The van der Waals surface area contributed by atoms with E-state index in [2.05, 4.69) is 6.92 Å². The van der Waals surface area contributed by atoms with Gasteiger partial charge in [0.1, 0.15) is 6.61 Å². The van der Waals surface area contributed by atoms with E-state index in [1.165, 1.54) is 0 Å². The molecule has 5 heteroatoms. The molecule has 2 N–H and O–H groups in total. The number of amides is 1. The van der Waals surface area contributed by atoms with Gasteiger partial charge in [-0.05, 0) is 24.5 Å². The van der Waals surface area contributed by atoms with E-state index in [4.69, 9.17) is 15.2 Å². The second-order valence-corrected chi connectivity index (χ2v) is 5.58. The number of likely N-dealkylation sites (tertiary alicyclic amines) is 1. The van der Waals surface area contributed by atoms with Crippen molar-refractivity contribution in [1.29, 1.82) is 0 Å². The lowest BCUT2D eigenvalue weighted by atomic mass is 9.94. The standard InChI is InChI=1S/C15H20N2O3/c1-10-8-17(7-6-11(10)16)15(18)14-9-19-12-4-2-3-5-13(12)20-14/h2-5,10-11,14H,6-9,16H2,1H3. The molecule has 0 bridgehead atoms. The van der Waals surface area contributed by atoms with E-state index in [1.807, 2.05) is 29.2 Å². The molecule has 0 saturated carbocycles. The van der Waals surface area contributed by atoms with Crippen LogP contribution in [0.25, 0.3) is 0 Å². The van der Waals surface area contributed by atoms with E-state index in [0.717, 1.165) is 6.42 Å². The molecule has 0 radical (unpaired) electrons. The molecule has 1 aromatic rings. The number of nitrogens with two attached hydrogens (primary N) is 1. The van der Waals surface area contributed by atoms with Gasteiger partial charge in [0.05, 0.1) is 0 Å². The van der Waals surface area contributed by atoms with Crippen LogP contribution < -0.4 is 15.2 Å². The summed E-state index contributed by atoms with van der Waals surface area (Å²) in [5, 5.41) is 0. The minimum absolute atomic E-state index is 0.00162. The average Bonchev–Trinajstić information content (AvgIpc) is 2.49. The number of fused-ring (bicyclic) bond motifs is 1. The number of piperidine rings is 1. The SMILES string of the molecule is CC1CN(C(=O)C2COc3ccccc3O2)CCC1N. The summed E-state index contributed by atoms with van der Waals surface area (Å²) >= 11 is 0. The van der Waals surface area contributed by atoms with E-state index in [9.17, 15) is 4.79 Å². The Hall–Kier alpha value is -1.75. The Bertz CT molecular complexity index is 506. The van der Waals surface area contributed by atoms with Crippen molar-refractivity contribution in [3.8, 4) is 11.5 Å². The molecule has 1 fully saturated rings. The molecule has 0 aliphatic carbocycles. The summed E-state index contributed by atoms with van der Waals surface area (Å²) in [6.07, 6.45) is 0.295. The van der Waals surface area contributed by atoms with Crippen molar-refractivity contribution in [2.45, 2.75) is 25.5 Å². The highest BCUT2D eigenvalue weighted by atomic mass is 16.6. The van der Waals surface area contributed by atoms with Crippen LogP contribution in [0.3, 0.4) is 0 Å². The molecule has 0 aromatic heterocycles. The van der Waals surface area contributed by atoms with Gasteiger partial charge in [-0.2, -0.15) is 0 Å². The molecule has 2 aliphatic heterocycles. The van der Waals surface area contributed by atoms with Gasteiger partial charge < -0.3 is 20.1 Å². The molecule has 2 heterocycles. The molecule has 3 rings (SSSR count). The second-order valence-electron chi connectivity index (χ2n) is 5.58. The summed E-state index contributed by atoms with van der Waals surface area (Å²) in [5.41, 5.74) is 5.99. The van der Waals surface area contributed by atoms with E-state index >= 15 is 0 Å². The molecule has 1 saturated heterocycles. The number of para-hydroxylation sites is 2. The fourth-order valence-electron chi connectivity index (χ4n) is 2.71. The van der Waals surface area contributed by atoms with Crippen LogP contribution in [0.4, 0.5) is 0 Å². The lowest BCUT2D eigenvalue weighted by Crippen LogP contribution is -2.53. The van der Waals surface area contributed by atoms with Gasteiger partial charge in [-0.1, -0.05) is 19.1 Å². The molecule has 20 heavy (non-hydrogen) atoms. The number of carbonyl (C=O) groups is 1. The zero-order valence-electron chi connectivity index (χ0n) is 11.6. The van der Waals surface area contributed by atoms with Crippen molar-refractivity contribution < 1.29 is 14.3 Å². The molecule has 3 atom stereocenters. The Morgan fingerprint density at radius 1 is 1.35 bits per heavy atom. The minimum atomic E-state index is -0.550. The number of carbonyl (C=O) groups excluding carboxylic acids is 1. The summed E-state index contributed by atoms with van der Waals surface area (Å²) in [6.45, 7) is 3.75. The minimum Gasteiger partial charge on any atom is -0.485 e. The summed E-state index contributed by atoms with van der Waals surface area (Å²) in [6, 6.07) is 7.61. The van der Waals surface area contributed by atoms with E-state index in [0.29, 0.717) is 30.5 Å². The van der Waals surface area contributed by atoms with Crippen LogP contribution in [0.2, 0.25) is 0 Å². The zero-order valence-corrected chi connectivity index (χ0v) is 11.6. The molecule has 1 amide bonds. The third kappa shape index (κ3) is 2.45. The third-order valence-corrected chi connectivity index (χ3v) is 4.07. The van der Waals surface area contributed by atoms with Crippen molar-refractivity contribution in [1.82, 2.24) is 4.90 Å². The first kappa shape index (κ1) is 13.2. The number of nitrogens with zero attached hydrogens (tertiary/aromatic N) is 1. The van der Waals surface area contributed by atoms with Gasteiger partial charge >= 0.3 is 0 Å². The monoisotopic (exact) mass is 276 g/mol. The van der Waals surface area contributed by atoms with E-state index < -0.39 is 6.10 Å². The lowest BCUT2D eigenvalue weighted by molar-refractivity contribution is -0.143. The summed E-state index contributed by atoms with van der Waals surface area (Å²) in [7, 11) is 0. The Kier molecular flexibility index (Phi) is 3.53. The van der Waals surface area contributed by atoms with Gasteiger partial charge in [-0.25, -0.2) is 0 Å². The van der Waals surface area contributed by atoms with E-state index in [1.54, 1.807) is 0 Å². The summed E-state index contributed by atoms with van der Waals surface area (Å²) in [4.78, 5) is 14.3. The maximum absolute atomic E-state index is 12.5. The Balaban J connectivity index is 1.67. The molecule has 3 unspecified atom stereocenters. The quantitative estimate of drug-likeness (QED) is 0.832. The fourth-order valence-corrected chi connectivity index (χ4v) is 2.71. The van der Waals surface area contributed by atoms with Crippen LogP contribution in [0.1, 0.15) is 13.3 Å². The molecule has 1 aromatic carbocycles. The number of benzene rings is 1. The second kappa shape index (κ2) is 5.32. The highest BCUT2D eigenvalue weighted by molar-refractivity contribution is 5.82. The van der Waals surface area contributed by atoms with Gasteiger partial charge in [-0.15, -0.1) is 0 Å². The molecular weight excluding hydrogens is 256 g/mol. The highest BCUT2D eigenvalue weighted by Crippen LogP contribution is 2.31. The number of hydrogen-bond donors (Lipinski definition) is 1. The Morgan fingerprint density at radius 2 is 2.10 bits per heavy atom. The number of ether oxygens (including phenoxy) is 2. The van der Waals surface area contributed by atoms with Crippen LogP contribution in [0.5, 0.6) is 11.5 Å². The molecule has 2 aliphatic rings. The summed E-state index contributed by atoms with van der Waals surface area (Å²) in [5.74, 6) is 1.66. The van der Waals surface area contributed by atoms with Crippen LogP contribution in [0, 0.1) is 5.92 Å². The molecule has 5 nitrogen and oxygen atoms in total. The Morgan fingerprint density at radius 3 is 2.85 bits per heavy atom. The lowest BCUT2D eigenvalue weighted by Gasteiger charge is -2.37.